The first-order valence-electron chi connectivity index (χ1n) is 8.13. The lowest BCUT2D eigenvalue weighted by atomic mass is 9.79. The Bertz CT molecular complexity index is 621. The molecule has 2 atom stereocenters. The third-order valence-electron chi connectivity index (χ3n) is 4.75. The van der Waals surface area contributed by atoms with Crippen molar-refractivity contribution in [2.75, 3.05) is 34.4 Å². The Hall–Kier alpha value is -1.78. The van der Waals surface area contributed by atoms with Gasteiger partial charge in [-0.15, -0.1) is 0 Å². The normalized spacial score (nSPS) is 26.0. The molecule has 1 aliphatic carbocycles. The lowest BCUT2D eigenvalue weighted by Gasteiger charge is -2.29. The topological polar surface area (TPSA) is 39.7 Å². The van der Waals surface area contributed by atoms with E-state index >= 15 is 0 Å². The zero-order valence-corrected chi connectivity index (χ0v) is 14.1. The summed E-state index contributed by atoms with van der Waals surface area (Å²) >= 11 is 0. The first kappa shape index (κ1) is 16.1. The van der Waals surface area contributed by atoms with Crippen LogP contribution in [0.3, 0.4) is 0 Å². The summed E-state index contributed by atoms with van der Waals surface area (Å²) in [6.07, 6.45) is 8.75. The fourth-order valence-electron chi connectivity index (χ4n) is 3.47. The highest BCUT2D eigenvalue weighted by Crippen LogP contribution is 2.41. The maximum atomic E-state index is 5.57. The van der Waals surface area contributed by atoms with Crippen molar-refractivity contribution in [3.8, 4) is 11.5 Å². The third-order valence-corrected chi connectivity index (χ3v) is 4.75. The van der Waals surface area contributed by atoms with Gasteiger partial charge in [0, 0.05) is 19.6 Å². The van der Waals surface area contributed by atoms with Crippen molar-refractivity contribution >= 4 is 0 Å². The van der Waals surface area contributed by atoms with E-state index in [0.717, 1.165) is 37.4 Å². The second-order valence-corrected chi connectivity index (χ2v) is 5.99. The summed E-state index contributed by atoms with van der Waals surface area (Å²) in [6, 6.07) is 4.27. The highest BCUT2D eigenvalue weighted by Gasteiger charge is 2.27. The summed E-state index contributed by atoms with van der Waals surface area (Å²) in [5, 5.41) is 3.48. The minimum atomic E-state index is 0.159. The molecular weight excluding hydrogens is 290 g/mol. The van der Waals surface area contributed by atoms with Crippen molar-refractivity contribution in [1.29, 1.82) is 0 Å². The second kappa shape index (κ2) is 7.20. The smallest absolute Gasteiger partial charge is 0.161 e. The number of allylic oxidation sites excluding steroid dienone is 2. The zero-order valence-electron chi connectivity index (χ0n) is 14.1. The highest BCUT2D eigenvalue weighted by atomic mass is 16.5. The van der Waals surface area contributed by atoms with E-state index in [2.05, 4.69) is 35.7 Å². The molecule has 1 aliphatic heterocycles. The average molecular weight is 315 g/mol. The van der Waals surface area contributed by atoms with Crippen molar-refractivity contribution in [2.24, 2.45) is 0 Å². The van der Waals surface area contributed by atoms with Crippen LogP contribution in [0.1, 0.15) is 23.5 Å². The predicted molar refractivity (Wildman–Crippen MR) is 91.5 cm³/mol. The van der Waals surface area contributed by atoms with E-state index in [1.54, 1.807) is 21.3 Å². The molecule has 1 aromatic carbocycles. The fraction of sp³-hybridized carbons (Fsp3) is 0.474. The van der Waals surface area contributed by atoms with E-state index in [9.17, 15) is 0 Å². The predicted octanol–water partition coefficient (Wildman–Crippen LogP) is 2.83. The van der Waals surface area contributed by atoms with E-state index < -0.39 is 0 Å². The van der Waals surface area contributed by atoms with Crippen LogP contribution < -0.4 is 14.8 Å². The zero-order chi connectivity index (χ0) is 16.2. The van der Waals surface area contributed by atoms with Crippen LogP contribution in [0.5, 0.6) is 11.5 Å². The van der Waals surface area contributed by atoms with Crippen molar-refractivity contribution in [2.45, 2.75) is 24.9 Å². The Kier molecular flexibility index (Phi) is 5.03. The number of fused-ring (bicyclic) bond motifs is 3. The van der Waals surface area contributed by atoms with Gasteiger partial charge in [-0.05, 0) is 48.2 Å². The van der Waals surface area contributed by atoms with Crippen molar-refractivity contribution in [3.05, 3.63) is 47.1 Å². The van der Waals surface area contributed by atoms with Crippen LogP contribution in [0.15, 0.2) is 35.9 Å². The number of hydrogen-bond acceptors (Lipinski definition) is 4. The van der Waals surface area contributed by atoms with Crippen molar-refractivity contribution in [3.63, 3.8) is 0 Å². The van der Waals surface area contributed by atoms with Gasteiger partial charge in [0.05, 0.1) is 20.3 Å². The molecule has 1 aromatic rings. The number of methoxy groups -OCH3 is 3. The monoisotopic (exact) mass is 315 g/mol. The number of ether oxygens (including phenoxy) is 3. The molecule has 1 heterocycles. The molecule has 2 aliphatic rings. The largest absolute Gasteiger partial charge is 0.493 e. The van der Waals surface area contributed by atoms with Crippen LogP contribution in [0, 0.1) is 0 Å². The summed E-state index contributed by atoms with van der Waals surface area (Å²) in [6.45, 7) is 1.85. The van der Waals surface area contributed by atoms with Gasteiger partial charge in [-0.1, -0.05) is 18.2 Å². The van der Waals surface area contributed by atoms with E-state index in [0.29, 0.717) is 5.92 Å². The molecule has 0 spiro atoms. The maximum absolute atomic E-state index is 5.57. The standard InChI is InChI=1S/C19H25NO3/c1-21-15-5-4-13-6-8-20-9-7-14-10-18(22-2)19(23-3)12-17(14)16(13)11-15/h4-6,10,12,15-16,20H,7-9,11H2,1-3H3/b13-6-/t15-,16?/m0/s1. The summed E-state index contributed by atoms with van der Waals surface area (Å²) < 4.78 is 16.6. The molecule has 124 valence electrons. The number of hydrogen-bond donors (Lipinski definition) is 1. The van der Waals surface area contributed by atoms with Crippen LogP contribution in [0.2, 0.25) is 0 Å². The van der Waals surface area contributed by atoms with Gasteiger partial charge in [0.1, 0.15) is 0 Å². The molecule has 4 heteroatoms. The summed E-state index contributed by atoms with van der Waals surface area (Å²) in [7, 11) is 5.15. The molecule has 0 bridgehead atoms. The Morgan fingerprint density at radius 3 is 2.61 bits per heavy atom. The molecule has 3 rings (SSSR count). The number of benzene rings is 1. The van der Waals surface area contributed by atoms with Crippen LogP contribution in [0.4, 0.5) is 0 Å². The van der Waals surface area contributed by atoms with Crippen LogP contribution in [-0.4, -0.2) is 40.5 Å². The van der Waals surface area contributed by atoms with Crippen LogP contribution in [-0.2, 0) is 11.2 Å². The van der Waals surface area contributed by atoms with Gasteiger partial charge in [-0.2, -0.15) is 0 Å². The Balaban J connectivity index is 2.10. The maximum Gasteiger partial charge on any atom is 0.161 e. The van der Waals surface area contributed by atoms with Gasteiger partial charge < -0.3 is 19.5 Å². The van der Waals surface area contributed by atoms with Crippen molar-refractivity contribution < 1.29 is 14.2 Å². The lowest BCUT2D eigenvalue weighted by molar-refractivity contribution is 0.127. The molecular formula is C19H25NO3. The molecule has 0 amide bonds. The van der Waals surface area contributed by atoms with Gasteiger partial charge >= 0.3 is 0 Å². The molecule has 0 saturated carbocycles. The molecule has 0 saturated heterocycles. The molecule has 1 N–H and O–H groups in total. The first-order chi connectivity index (χ1) is 11.3. The van der Waals surface area contributed by atoms with E-state index in [4.69, 9.17) is 14.2 Å². The minimum absolute atomic E-state index is 0.159. The lowest BCUT2D eigenvalue weighted by Crippen LogP contribution is -2.19. The van der Waals surface area contributed by atoms with Gasteiger partial charge in [-0.25, -0.2) is 0 Å². The Morgan fingerprint density at radius 1 is 1.09 bits per heavy atom. The third kappa shape index (κ3) is 3.28. The molecule has 4 nitrogen and oxygen atoms in total. The van der Waals surface area contributed by atoms with Crippen LogP contribution in [0.25, 0.3) is 0 Å². The van der Waals surface area contributed by atoms with E-state index in [-0.39, 0.29) is 6.10 Å². The molecule has 0 radical (unpaired) electrons. The fourth-order valence-corrected chi connectivity index (χ4v) is 3.47. The first-order valence-corrected chi connectivity index (χ1v) is 8.13. The van der Waals surface area contributed by atoms with Gasteiger partial charge in [0.2, 0.25) is 0 Å². The summed E-state index contributed by atoms with van der Waals surface area (Å²) in [4.78, 5) is 0. The summed E-state index contributed by atoms with van der Waals surface area (Å²) in [5.41, 5.74) is 3.99. The Morgan fingerprint density at radius 2 is 1.87 bits per heavy atom. The molecule has 0 fully saturated rings. The van der Waals surface area contributed by atoms with Gasteiger partial charge in [-0.3, -0.25) is 0 Å². The van der Waals surface area contributed by atoms with E-state index in [1.165, 1.54) is 16.7 Å². The van der Waals surface area contributed by atoms with Crippen molar-refractivity contribution in [1.82, 2.24) is 5.32 Å². The van der Waals surface area contributed by atoms with Gasteiger partial charge in [0.25, 0.3) is 0 Å². The minimum Gasteiger partial charge on any atom is -0.493 e. The quantitative estimate of drug-likeness (QED) is 0.931. The molecule has 0 aromatic heterocycles. The van der Waals surface area contributed by atoms with Gasteiger partial charge in [0.15, 0.2) is 11.5 Å². The number of nitrogens with one attached hydrogen (secondary N) is 1. The van der Waals surface area contributed by atoms with E-state index in [1.807, 2.05) is 0 Å². The SMILES string of the molecule is COc1cc2c(cc1OC)C1C[C@@H](OC)C=C/C1=C/CNCC2. The molecule has 23 heavy (non-hydrogen) atoms. The highest BCUT2D eigenvalue weighted by molar-refractivity contribution is 5.52. The number of rotatable bonds is 3. The Labute approximate surface area is 138 Å². The summed E-state index contributed by atoms with van der Waals surface area (Å²) in [5.74, 6) is 1.92. The molecule has 1 unspecified atom stereocenters. The van der Waals surface area contributed by atoms with Crippen LogP contribution >= 0.6 is 0 Å². The average Bonchev–Trinajstić information content (AvgIpc) is 2.68. The second-order valence-electron chi connectivity index (χ2n) is 5.99.